The van der Waals surface area contributed by atoms with E-state index in [4.69, 9.17) is 0 Å². The standard InChI is InChI=1S/C15H20N4O.ClH/c1-2-7-16-9-10-17-15(20)13-5-3-6-14(12-13)19-11-4-8-18-19;/h3-6,8,11-12,16H,2,7,9-10H2,1H3,(H,17,20);1H. The summed E-state index contributed by atoms with van der Waals surface area (Å²) in [5.74, 6) is -0.0581. The van der Waals surface area contributed by atoms with Crippen LogP contribution in [0.5, 0.6) is 0 Å². The summed E-state index contributed by atoms with van der Waals surface area (Å²) < 4.78 is 1.74. The molecular weight excluding hydrogens is 288 g/mol. The average Bonchev–Trinajstić information content (AvgIpc) is 3.01. The Hall–Kier alpha value is -1.85. The first-order valence-electron chi connectivity index (χ1n) is 6.90. The lowest BCUT2D eigenvalue weighted by molar-refractivity contribution is 0.0954. The van der Waals surface area contributed by atoms with Crippen molar-refractivity contribution in [2.75, 3.05) is 19.6 Å². The lowest BCUT2D eigenvalue weighted by Crippen LogP contribution is -2.32. The third-order valence-corrected chi connectivity index (χ3v) is 2.89. The highest BCUT2D eigenvalue weighted by atomic mass is 35.5. The summed E-state index contributed by atoms with van der Waals surface area (Å²) in [7, 11) is 0. The van der Waals surface area contributed by atoms with Crippen LogP contribution in [0, 0.1) is 0 Å². The first-order chi connectivity index (χ1) is 9.81. The largest absolute Gasteiger partial charge is 0.351 e. The van der Waals surface area contributed by atoms with Crippen molar-refractivity contribution < 1.29 is 4.79 Å². The molecule has 0 aliphatic heterocycles. The van der Waals surface area contributed by atoms with Crippen LogP contribution in [0.25, 0.3) is 5.69 Å². The predicted molar refractivity (Wildman–Crippen MR) is 86.3 cm³/mol. The van der Waals surface area contributed by atoms with Crippen LogP contribution < -0.4 is 10.6 Å². The minimum Gasteiger partial charge on any atom is -0.351 e. The first kappa shape index (κ1) is 17.2. The Morgan fingerprint density at radius 3 is 2.81 bits per heavy atom. The zero-order valence-corrected chi connectivity index (χ0v) is 12.9. The van der Waals surface area contributed by atoms with E-state index in [9.17, 15) is 4.79 Å². The Morgan fingerprint density at radius 1 is 1.24 bits per heavy atom. The summed E-state index contributed by atoms with van der Waals surface area (Å²) in [5, 5.41) is 10.3. The molecule has 0 bridgehead atoms. The fourth-order valence-electron chi connectivity index (χ4n) is 1.88. The predicted octanol–water partition coefficient (Wildman–Crippen LogP) is 2.02. The van der Waals surface area contributed by atoms with E-state index in [-0.39, 0.29) is 18.3 Å². The number of benzene rings is 1. The van der Waals surface area contributed by atoms with Crippen LogP contribution in [0.15, 0.2) is 42.7 Å². The van der Waals surface area contributed by atoms with Crippen molar-refractivity contribution in [1.29, 1.82) is 0 Å². The summed E-state index contributed by atoms with van der Waals surface area (Å²) >= 11 is 0. The Balaban J connectivity index is 0.00000220. The summed E-state index contributed by atoms with van der Waals surface area (Å²) in [6.45, 7) is 4.51. The van der Waals surface area contributed by atoms with Gasteiger partial charge in [0.05, 0.1) is 5.69 Å². The van der Waals surface area contributed by atoms with Crippen LogP contribution >= 0.6 is 12.4 Å². The quantitative estimate of drug-likeness (QED) is 0.769. The molecule has 0 fully saturated rings. The lowest BCUT2D eigenvalue weighted by atomic mass is 10.2. The Labute approximate surface area is 131 Å². The minimum atomic E-state index is -0.0581. The van der Waals surface area contributed by atoms with Gasteiger partial charge in [-0.2, -0.15) is 5.10 Å². The number of hydrogen-bond donors (Lipinski definition) is 2. The van der Waals surface area contributed by atoms with Crippen LogP contribution in [0.2, 0.25) is 0 Å². The zero-order valence-electron chi connectivity index (χ0n) is 12.1. The molecule has 2 aromatic rings. The van der Waals surface area contributed by atoms with Gasteiger partial charge in [-0.1, -0.05) is 13.0 Å². The molecule has 6 heteroatoms. The minimum absolute atomic E-state index is 0. The average molecular weight is 309 g/mol. The van der Waals surface area contributed by atoms with Crippen molar-refractivity contribution in [2.45, 2.75) is 13.3 Å². The van der Waals surface area contributed by atoms with Crippen LogP contribution in [0.1, 0.15) is 23.7 Å². The van der Waals surface area contributed by atoms with Gasteiger partial charge in [-0.25, -0.2) is 4.68 Å². The fourth-order valence-corrected chi connectivity index (χ4v) is 1.88. The van der Waals surface area contributed by atoms with Gasteiger partial charge in [0.1, 0.15) is 0 Å². The summed E-state index contributed by atoms with van der Waals surface area (Å²) in [5.41, 5.74) is 1.53. The molecule has 2 N–H and O–H groups in total. The molecule has 0 spiro atoms. The third-order valence-electron chi connectivity index (χ3n) is 2.89. The van der Waals surface area contributed by atoms with Gasteiger partial charge in [0.15, 0.2) is 0 Å². The molecule has 0 aliphatic rings. The molecule has 0 saturated carbocycles. The number of amides is 1. The van der Waals surface area contributed by atoms with Crippen molar-refractivity contribution in [2.24, 2.45) is 0 Å². The maximum Gasteiger partial charge on any atom is 0.251 e. The smallest absolute Gasteiger partial charge is 0.251 e. The van der Waals surface area contributed by atoms with Crippen LogP contribution in [0.4, 0.5) is 0 Å². The molecule has 1 aromatic heterocycles. The topological polar surface area (TPSA) is 58.9 Å². The molecule has 21 heavy (non-hydrogen) atoms. The monoisotopic (exact) mass is 308 g/mol. The SMILES string of the molecule is CCCNCCNC(=O)c1cccc(-n2cccn2)c1.Cl. The van der Waals surface area contributed by atoms with E-state index < -0.39 is 0 Å². The van der Waals surface area contributed by atoms with Crippen LogP contribution in [0.3, 0.4) is 0 Å². The lowest BCUT2D eigenvalue weighted by Gasteiger charge is -2.07. The molecule has 0 atom stereocenters. The van der Waals surface area contributed by atoms with Crippen LogP contribution in [-0.2, 0) is 0 Å². The number of nitrogens with zero attached hydrogens (tertiary/aromatic N) is 2. The number of nitrogens with one attached hydrogen (secondary N) is 2. The third kappa shape index (κ3) is 5.21. The summed E-state index contributed by atoms with van der Waals surface area (Å²) in [6, 6.07) is 9.28. The zero-order chi connectivity index (χ0) is 14.2. The van der Waals surface area contributed by atoms with Gasteiger partial charge in [0.25, 0.3) is 5.91 Å². The Morgan fingerprint density at radius 2 is 2.10 bits per heavy atom. The molecule has 0 unspecified atom stereocenters. The van der Waals surface area contributed by atoms with Crippen LogP contribution in [-0.4, -0.2) is 35.3 Å². The van der Waals surface area contributed by atoms with E-state index in [1.54, 1.807) is 10.9 Å². The van der Waals surface area contributed by atoms with Crippen molar-refractivity contribution >= 4 is 18.3 Å². The molecular formula is C15H21ClN4O. The molecule has 0 saturated heterocycles. The van der Waals surface area contributed by atoms with E-state index in [1.807, 2.05) is 36.5 Å². The van der Waals surface area contributed by atoms with Crippen molar-refractivity contribution in [1.82, 2.24) is 20.4 Å². The number of hydrogen-bond acceptors (Lipinski definition) is 3. The Kier molecular flexibility index (Phi) is 7.50. The van der Waals surface area contributed by atoms with E-state index in [0.29, 0.717) is 12.1 Å². The number of aromatic nitrogens is 2. The van der Waals surface area contributed by atoms with E-state index >= 15 is 0 Å². The second kappa shape index (κ2) is 9.15. The highest BCUT2D eigenvalue weighted by Crippen LogP contribution is 2.09. The maximum absolute atomic E-state index is 12.0. The van der Waals surface area contributed by atoms with E-state index in [0.717, 1.165) is 25.2 Å². The molecule has 1 amide bonds. The number of halogens is 1. The molecule has 1 aromatic carbocycles. The van der Waals surface area contributed by atoms with Gasteiger partial charge in [-0.05, 0) is 37.2 Å². The first-order valence-corrected chi connectivity index (χ1v) is 6.90. The number of carbonyl (C=O) groups is 1. The van der Waals surface area contributed by atoms with Gasteiger partial charge in [-0.15, -0.1) is 12.4 Å². The Bertz CT molecular complexity index is 542. The molecule has 0 aliphatic carbocycles. The maximum atomic E-state index is 12.0. The molecule has 5 nitrogen and oxygen atoms in total. The molecule has 1 heterocycles. The van der Waals surface area contributed by atoms with Crippen molar-refractivity contribution in [3.63, 3.8) is 0 Å². The molecule has 114 valence electrons. The van der Waals surface area contributed by atoms with E-state index in [1.165, 1.54) is 0 Å². The number of rotatable bonds is 7. The molecule has 2 rings (SSSR count). The van der Waals surface area contributed by atoms with Gasteiger partial charge >= 0.3 is 0 Å². The highest BCUT2D eigenvalue weighted by Gasteiger charge is 2.06. The summed E-state index contributed by atoms with van der Waals surface area (Å²) in [4.78, 5) is 12.0. The fraction of sp³-hybridized carbons (Fsp3) is 0.333. The van der Waals surface area contributed by atoms with Gasteiger partial charge in [0, 0.05) is 31.0 Å². The number of carbonyl (C=O) groups excluding carboxylic acids is 1. The van der Waals surface area contributed by atoms with Gasteiger partial charge in [0.2, 0.25) is 0 Å². The van der Waals surface area contributed by atoms with Crippen molar-refractivity contribution in [3.8, 4) is 5.69 Å². The summed E-state index contributed by atoms with van der Waals surface area (Å²) in [6.07, 6.45) is 4.66. The van der Waals surface area contributed by atoms with Gasteiger partial charge in [-0.3, -0.25) is 4.79 Å². The normalized spacial score (nSPS) is 9.95. The second-order valence-electron chi connectivity index (χ2n) is 4.51. The van der Waals surface area contributed by atoms with E-state index in [2.05, 4.69) is 22.7 Å². The van der Waals surface area contributed by atoms with Gasteiger partial charge < -0.3 is 10.6 Å². The van der Waals surface area contributed by atoms with Crippen molar-refractivity contribution in [3.05, 3.63) is 48.3 Å². The highest BCUT2D eigenvalue weighted by molar-refractivity contribution is 5.94. The second-order valence-corrected chi connectivity index (χ2v) is 4.51. The molecule has 0 radical (unpaired) electrons.